The SMILES string of the molecule is C=CC(=O)N1CCN(c2c(C#N)c(O[C@@H]3CN(C)C[C@H]3OC)nc3c(Oc4c(O)cccc4F)nccc23)CC1. The second kappa shape index (κ2) is 11.3. The molecule has 2 fully saturated rings. The highest BCUT2D eigenvalue weighted by atomic mass is 19.1. The van der Waals surface area contributed by atoms with Crippen molar-refractivity contribution in [2.45, 2.75) is 12.2 Å². The van der Waals surface area contributed by atoms with Crippen molar-refractivity contribution in [1.29, 1.82) is 5.26 Å². The molecule has 2 aliphatic heterocycles. The van der Waals surface area contributed by atoms with Crippen molar-refractivity contribution in [3.05, 3.63) is 54.5 Å². The number of hydrogen-bond acceptors (Lipinski definition) is 10. The molecular weight excluding hydrogens is 519 g/mol. The van der Waals surface area contributed by atoms with E-state index in [2.05, 4.69) is 27.5 Å². The smallest absolute Gasteiger partial charge is 0.246 e. The van der Waals surface area contributed by atoms with Crippen LogP contribution in [0.1, 0.15) is 5.56 Å². The quantitative estimate of drug-likeness (QED) is 0.441. The zero-order valence-corrected chi connectivity index (χ0v) is 22.2. The number of likely N-dealkylation sites (tertiary alicyclic amines) is 1. The third-order valence-electron chi connectivity index (χ3n) is 7.11. The average molecular weight is 549 g/mol. The Morgan fingerprint density at radius 2 is 1.95 bits per heavy atom. The summed E-state index contributed by atoms with van der Waals surface area (Å²) in [5, 5.41) is 21.1. The first kappa shape index (κ1) is 27.1. The van der Waals surface area contributed by atoms with Crippen LogP contribution in [0.25, 0.3) is 10.9 Å². The number of nitriles is 1. The molecule has 208 valence electrons. The lowest BCUT2D eigenvalue weighted by atomic mass is 10.1. The summed E-state index contributed by atoms with van der Waals surface area (Å²) in [6, 6.07) is 7.78. The summed E-state index contributed by atoms with van der Waals surface area (Å²) in [5.74, 6) is -1.74. The van der Waals surface area contributed by atoms with Gasteiger partial charge in [0.25, 0.3) is 0 Å². The minimum absolute atomic E-state index is 0.0625. The Labute approximate surface area is 230 Å². The molecule has 12 heteroatoms. The van der Waals surface area contributed by atoms with Crippen molar-refractivity contribution in [2.24, 2.45) is 0 Å². The number of likely N-dealkylation sites (N-methyl/N-ethyl adjacent to an activating group) is 1. The number of anilines is 1. The number of aromatic nitrogens is 2. The van der Waals surface area contributed by atoms with E-state index in [4.69, 9.17) is 14.2 Å². The largest absolute Gasteiger partial charge is 0.504 e. The van der Waals surface area contributed by atoms with Gasteiger partial charge in [0.2, 0.25) is 23.4 Å². The maximum Gasteiger partial charge on any atom is 0.246 e. The summed E-state index contributed by atoms with van der Waals surface area (Å²) >= 11 is 0. The third-order valence-corrected chi connectivity index (χ3v) is 7.11. The molecule has 2 aliphatic rings. The average Bonchev–Trinajstić information content (AvgIpc) is 3.32. The lowest BCUT2D eigenvalue weighted by molar-refractivity contribution is -0.126. The number of carbonyl (C=O) groups is 1. The predicted octanol–water partition coefficient (Wildman–Crippen LogP) is 2.68. The third kappa shape index (κ3) is 5.09. The van der Waals surface area contributed by atoms with Crippen LogP contribution >= 0.6 is 0 Å². The maximum absolute atomic E-state index is 14.6. The van der Waals surface area contributed by atoms with E-state index in [0.29, 0.717) is 50.3 Å². The molecule has 2 aromatic heterocycles. The summed E-state index contributed by atoms with van der Waals surface area (Å²) in [5.41, 5.74) is 0.976. The van der Waals surface area contributed by atoms with E-state index < -0.39 is 23.4 Å². The molecule has 0 spiro atoms. The van der Waals surface area contributed by atoms with Crippen LogP contribution in [-0.2, 0) is 9.53 Å². The molecule has 0 unspecified atom stereocenters. The molecule has 0 saturated carbocycles. The summed E-state index contributed by atoms with van der Waals surface area (Å²) < 4.78 is 32.3. The number of carbonyl (C=O) groups excluding carboxylic acids is 1. The van der Waals surface area contributed by atoms with E-state index in [0.717, 1.165) is 6.07 Å². The maximum atomic E-state index is 14.6. The highest BCUT2D eigenvalue weighted by Crippen LogP contribution is 2.41. The van der Waals surface area contributed by atoms with E-state index in [1.807, 2.05) is 11.9 Å². The number of amides is 1. The zero-order chi connectivity index (χ0) is 28.4. The van der Waals surface area contributed by atoms with Gasteiger partial charge < -0.3 is 29.1 Å². The van der Waals surface area contributed by atoms with Crippen molar-refractivity contribution in [3.8, 4) is 29.3 Å². The minimum atomic E-state index is -0.774. The lowest BCUT2D eigenvalue weighted by Gasteiger charge is -2.36. The number of benzene rings is 1. The van der Waals surface area contributed by atoms with Crippen LogP contribution in [-0.4, -0.2) is 96.4 Å². The van der Waals surface area contributed by atoms with Crippen LogP contribution in [0, 0.1) is 17.1 Å². The molecule has 4 heterocycles. The molecule has 0 radical (unpaired) electrons. The number of piperazine rings is 1. The molecule has 1 aromatic carbocycles. The van der Waals surface area contributed by atoms with Gasteiger partial charge in [0, 0.05) is 58.0 Å². The number of nitrogens with zero attached hydrogens (tertiary/aromatic N) is 6. The number of halogens is 1. The van der Waals surface area contributed by atoms with Crippen LogP contribution in [0.5, 0.6) is 23.3 Å². The Morgan fingerprint density at radius 1 is 1.20 bits per heavy atom. The van der Waals surface area contributed by atoms with Crippen LogP contribution in [0.2, 0.25) is 0 Å². The van der Waals surface area contributed by atoms with Gasteiger partial charge in [-0.25, -0.2) is 14.4 Å². The molecule has 3 aromatic rings. The van der Waals surface area contributed by atoms with Gasteiger partial charge in [-0.1, -0.05) is 12.6 Å². The number of phenolic OH excluding ortho intramolecular Hbond substituents is 1. The van der Waals surface area contributed by atoms with Gasteiger partial charge in [-0.3, -0.25) is 9.69 Å². The molecule has 2 saturated heterocycles. The van der Waals surface area contributed by atoms with Crippen LogP contribution in [0.4, 0.5) is 10.1 Å². The molecule has 40 heavy (non-hydrogen) atoms. The molecule has 0 aliphatic carbocycles. The standard InChI is InChI=1S/C28H29FN6O5/c1-4-23(37)34-10-12-35(13-11-34)25-17-8-9-31-28(40-26-19(29)6-5-7-20(26)36)24(17)32-27(18(25)14-30)39-22-16-33(2)15-21(22)38-3/h4-9,21-22,36H,1,10-13,15-16H2,2-3H3/t21-,22-/m1/s1. The highest BCUT2D eigenvalue weighted by Gasteiger charge is 2.35. The van der Waals surface area contributed by atoms with E-state index in [9.17, 15) is 19.6 Å². The predicted molar refractivity (Wildman–Crippen MR) is 144 cm³/mol. The van der Waals surface area contributed by atoms with Crippen molar-refractivity contribution in [1.82, 2.24) is 19.8 Å². The Balaban J connectivity index is 1.64. The first-order valence-electron chi connectivity index (χ1n) is 12.8. The molecule has 2 atom stereocenters. The summed E-state index contributed by atoms with van der Waals surface area (Å²) in [6.45, 7) is 6.48. The molecule has 1 amide bonds. The van der Waals surface area contributed by atoms with Gasteiger partial charge in [-0.15, -0.1) is 0 Å². The monoisotopic (exact) mass is 548 g/mol. The minimum Gasteiger partial charge on any atom is -0.504 e. The number of rotatable bonds is 7. The summed E-state index contributed by atoms with van der Waals surface area (Å²) in [4.78, 5) is 26.8. The molecular formula is C28H29FN6O5. The van der Waals surface area contributed by atoms with Gasteiger partial charge in [0.05, 0.1) is 5.69 Å². The lowest BCUT2D eigenvalue weighted by Crippen LogP contribution is -2.48. The normalized spacial score (nSPS) is 19.4. The first-order chi connectivity index (χ1) is 19.3. The van der Waals surface area contributed by atoms with Crippen LogP contribution in [0.3, 0.4) is 0 Å². The number of pyridine rings is 2. The Bertz CT molecular complexity index is 1470. The molecule has 5 rings (SSSR count). The van der Waals surface area contributed by atoms with E-state index in [1.54, 1.807) is 18.1 Å². The topological polar surface area (TPSA) is 124 Å². The second-order valence-corrected chi connectivity index (χ2v) is 9.62. The van der Waals surface area contributed by atoms with E-state index in [1.165, 1.54) is 24.4 Å². The fraction of sp³-hybridized carbons (Fsp3) is 0.357. The summed E-state index contributed by atoms with van der Waals surface area (Å²) in [7, 11) is 3.55. The van der Waals surface area contributed by atoms with Crippen LogP contribution < -0.4 is 14.4 Å². The fourth-order valence-corrected chi connectivity index (χ4v) is 5.10. The van der Waals surface area contributed by atoms with E-state index in [-0.39, 0.29) is 34.9 Å². The van der Waals surface area contributed by atoms with Crippen molar-refractivity contribution in [2.75, 3.05) is 58.3 Å². The first-order valence-corrected chi connectivity index (χ1v) is 12.8. The summed E-state index contributed by atoms with van der Waals surface area (Å²) in [6.07, 6.45) is 2.10. The van der Waals surface area contributed by atoms with Crippen LogP contribution in [0.15, 0.2) is 43.1 Å². The number of phenols is 1. The number of hydrogen-bond donors (Lipinski definition) is 1. The molecule has 11 nitrogen and oxygen atoms in total. The second-order valence-electron chi connectivity index (χ2n) is 9.62. The highest BCUT2D eigenvalue weighted by molar-refractivity contribution is 5.98. The van der Waals surface area contributed by atoms with Gasteiger partial charge in [-0.05, 0) is 31.3 Å². The van der Waals surface area contributed by atoms with Crippen molar-refractivity contribution >= 4 is 22.5 Å². The Hall–Kier alpha value is -4.47. The Morgan fingerprint density at radius 3 is 2.62 bits per heavy atom. The number of methoxy groups -OCH3 is 1. The van der Waals surface area contributed by atoms with Crippen molar-refractivity contribution in [3.63, 3.8) is 0 Å². The number of fused-ring (bicyclic) bond motifs is 1. The van der Waals surface area contributed by atoms with Gasteiger partial charge in [0.1, 0.15) is 29.4 Å². The van der Waals surface area contributed by atoms with Gasteiger partial charge in [0.15, 0.2) is 11.6 Å². The zero-order valence-electron chi connectivity index (χ0n) is 22.2. The van der Waals surface area contributed by atoms with Gasteiger partial charge in [-0.2, -0.15) is 5.26 Å². The van der Waals surface area contributed by atoms with Crippen molar-refractivity contribution < 1.29 is 28.5 Å². The number of aromatic hydroxyl groups is 1. The fourth-order valence-electron chi connectivity index (χ4n) is 5.10. The van der Waals surface area contributed by atoms with E-state index >= 15 is 0 Å². The molecule has 0 bridgehead atoms. The molecule has 1 N–H and O–H groups in total. The Kier molecular flexibility index (Phi) is 7.68. The van der Waals surface area contributed by atoms with Gasteiger partial charge >= 0.3 is 0 Å². The number of ether oxygens (including phenoxy) is 3. The number of para-hydroxylation sites is 1.